The van der Waals surface area contributed by atoms with Crippen LogP contribution in [0.5, 0.6) is 0 Å². The monoisotopic (exact) mass is 283 g/mol. The number of aliphatic hydroxyl groups is 1. The molecule has 0 radical (unpaired) electrons. The predicted octanol–water partition coefficient (Wildman–Crippen LogP) is 3.32. The van der Waals surface area contributed by atoms with Crippen LogP contribution < -0.4 is 5.32 Å². The fourth-order valence-corrected chi connectivity index (χ4v) is 2.34. The minimum atomic E-state index is -0.593. The molecule has 3 heteroatoms. The van der Waals surface area contributed by atoms with Gasteiger partial charge in [-0.1, -0.05) is 61.9 Å². The molecule has 21 heavy (non-hydrogen) atoms. The number of amides is 1. The van der Waals surface area contributed by atoms with Crippen LogP contribution in [0.3, 0.4) is 0 Å². The number of benzene rings is 2. The molecule has 2 aromatic carbocycles. The van der Waals surface area contributed by atoms with Crippen LogP contribution in [0.25, 0.3) is 0 Å². The van der Waals surface area contributed by atoms with Crippen molar-refractivity contribution < 1.29 is 9.90 Å². The zero-order valence-corrected chi connectivity index (χ0v) is 12.2. The Balaban J connectivity index is 2.18. The lowest BCUT2D eigenvalue weighted by atomic mass is 9.98. The van der Waals surface area contributed by atoms with Crippen LogP contribution in [0.15, 0.2) is 60.7 Å². The van der Waals surface area contributed by atoms with Crippen LogP contribution >= 0.6 is 0 Å². The molecule has 0 aliphatic rings. The van der Waals surface area contributed by atoms with Gasteiger partial charge in [-0.2, -0.15) is 0 Å². The maximum Gasteiger partial charge on any atom is 0.251 e. The van der Waals surface area contributed by atoms with Gasteiger partial charge in [-0.05, 0) is 24.1 Å². The van der Waals surface area contributed by atoms with Gasteiger partial charge in [0.25, 0.3) is 5.91 Å². The molecule has 0 fully saturated rings. The quantitative estimate of drug-likeness (QED) is 0.854. The average Bonchev–Trinajstić information content (AvgIpc) is 2.54. The summed E-state index contributed by atoms with van der Waals surface area (Å²) in [6.07, 6.45) is 0.922. The van der Waals surface area contributed by atoms with Crippen molar-refractivity contribution >= 4 is 5.91 Å². The van der Waals surface area contributed by atoms with Crippen LogP contribution in [0.2, 0.25) is 0 Å². The molecule has 0 heterocycles. The Hall–Kier alpha value is -2.13. The van der Waals surface area contributed by atoms with E-state index in [-0.39, 0.29) is 11.9 Å². The van der Waals surface area contributed by atoms with Gasteiger partial charge in [0.2, 0.25) is 0 Å². The zero-order valence-electron chi connectivity index (χ0n) is 12.2. The third-order valence-corrected chi connectivity index (χ3v) is 3.45. The Morgan fingerprint density at radius 2 is 1.62 bits per heavy atom. The molecule has 0 saturated heterocycles. The second-order valence-corrected chi connectivity index (χ2v) is 5.08. The maximum absolute atomic E-state index is 12.3. The lowest BCUT2D eigenvalue weighted by molar-refractivity contribution is 0.0811. The van der Waals surface area contributed by atoms with Crippen molar-refractivity contribution in [3.8, 4) is 0 Å². The highest BCUT2D eigenvalue weighted by Gasteiger charge is 2.22. The fourth-order valence-electron chi connectivity index (χ4n) is 2.34. The highest BCUT2D eigenvalue weighted by Crippen LogP contribution is 2.20. The number of hydrogen-bond acceptors (Lipinski definition) is 2. The summed E-state index contributed by atoms with van der Waals surface area (Å²) >= 11 is 0. The van der Waals surface area contributed by atoms with Gasteiger partial charge in [-0.15, -0.1) is 0 Å². The van der Waals surface area contributed by atoms with Crippen molar-refractivity contribution in [2.45, 2.75) is 31.9 Å². The summed E-state index contributed by atoms with van der Waals surface area (Å²) in [6.45, 7) is 2.02. The van der Waals surface area contributed by atoms with E-state index in [0.717, 1.165) is 12.0 Å². The number of rotatable bonds is 6. The molecular weight excluding hydrogens is 262 g/mol. The molecule has 0 aliphatic carbocycles. The van der Waals surface area contributed by atoms with Crippen molar-refractivity contribution in [3.05, 3.63) is 71.8 Å². The molecule has 0 unspecified atom stereocenters. The Bertz CT molecular complexity index is 554. The number of carbonyl (C=O) groups is 1. The van der Waals surface area contributed by atoms with E-state index in [9.17, 15) is 9.90 Å². The second kappa shape index (κ2) is 7.60. The standard InChI is InChI=1S/C18H21NO2/c1-2-9-16(20)17(14-10-5-3-6-11-14)19-18(21)15-12-7-4-8-13-15/h3-8,10-13,16-17,20H,2,9H2,1H3,(H,19,21)/t16-,17-/m0/s1. The van der Waals surface area contributed by atoms with E-state index >= 15 is 0 Å². The number of aliphatic hydroxyl groups excluding tert-OH is 1. The van der Waals surface area contributed by atoms with Crippen LogP contribution in [0.1, 0.15) is 41.7 Å². The zero-order chi connectivity index (χ0) is 15.1. The van der Waals surface area contributed by atoms with Crippen molar-refractivity contribution in [1.29, 1.82) is 0 Å². The van der Waals surface area contributed by atoms with Gasteiger partial charge >= 0.3 is 0 Å². The van der Waals surface area contributed by atoms with Gasteiger partial charge in [0.15, 0.2) is 0 Å². The first kappa shape index (κ1) is 15.3. The van der Waals surface area contributed by atoms with Gasteiger partial charge in [0.05, 0.1) is 12.1 Å². The Labute approximate surface area is 125 Å². The first-order chi connectivity index (χ1) is 10.2. The highest BCUT2D eigenvalue weighted by atomic mass is 16.3. The van der Waals surface area contributed by atoms with Crippen molar-refractivity contribution in [2.24, 2.45) is 0 Å². The minimum Gasteiger partial charge on any atom is -0.391 e. The lowest BCUT2D eigenvalue weighted by Gasteiger charge is -2.24. The molecule has 3 nitrogen and oxygen atoms in total. The summed E-state index contributed by atoms with van der Waals surface area (Å²) in [4.78, 5) is 12.3. The number of carbonyl (C=O) groups excluding carboxylic acids is 1. The Kier molecular flexibility index (Phi) is 5.52. The molecule has 2 aromatic rings. The molecule has 0 aliphatic heterocycles. The largest absolute Gasteiger partial charge is 0.391 e. The second-order valence-electron chi connectivity index (χ2n) is 5.08. The van der Waals surface area contributed by atoms with Crippen molar-refractivity contribution in [1.82, 2.24) is 5.32 Å². The van der Waals surface area contributed by atoms with Gasteiger partial charge in [-0.25, -0.2) is 0 Å². The average molecular weight is 283 g/mol. The van der Waals surface area contributed by atoms with Gasteiger partial charge in [0.1, 0.15) is 0 Å². The normalized spacial score (nSPS) is 13.4. The van der Waals surface area contributed by atoms with Crippen molar-refractivity contribution in [2.75, 3.05) is 0 Å². The summed E-state index contributed by atoms with van der Waals surface area (Å²) in [6, 6.07) is 18.3. The van der Waals surface area contributed by atoms with Crippen molar-refractivity contribution in [3.63, 3.8) is 0 Å². The first-order valence-corrected chi connectivity index (χ1v) is 7.31. The van der Waals surface area contributed by atoms with E-state index in [1.807, 2.05) is 55.5 Å². The first-order valence-electron chi connectivity index (χ1n) is 7.31. The van der Waals surface area contributed by atoms with E-state index < -0.39 is 6.10 Å². The summed E-state index contributed by atoms with van der Waals surface area (Å²) in [5.74, 6) is -0.167. The van der Waals surface area contributed by atoms with Crippen LogP contribution in [-0.4, -0.2) is 17.1 Å². The predicted molar refractivity (Wildman–Crippen MR) is 84.0 cm³/mol. The van der Waals surface area contributed by atoms with Crippen LogP contribution in [0.4, 0.5) is 0 Å². The van der Waals surface area contributed by atoms with E-state index in [4.69, 9.17) is 0 Å². The molecule has 1 amide bonds. The molecular formula is C18H21NO2. The summed E-state index contributed by atoms with van der Waals surface area (Å²) in [7, 11) is 0. The summed E-state index contributed by atoms with van der Waals surface area (Å²) < 4.78 is 0. The fraction of sp³-hybridized carbons (Fsp3) is 0.278. The number of hydrogen-bond donors (Lipinski definition) is 2. The minimum absolute atomic E-state index is 0.167. The topological polar surface area (TPSA) is 49.3 Å². The molecule has 0 spiro atoms. The van der Waals surface area contributed by atoms with Crippen LogP contribution in [-0.2, 0) is 0 Å². The Morgan fingerprint density at radius 1 is 1.05 bits per heavy atom. The van der Waals surface area contributed by atoms with E-state index in [1.54, 1.807) is 12.1 Å². The summed E-state index contributed by atoms with van der Waals surface area (Å²) in [5.41, 5.74) is 1.52. The molecule has 2 atom stereocenters. The Morgan fingerprint density at radius 3 is 2.19 bits per heavy atom. The van der Waals surface area contributed by atoms with E-state index in [2.05, 4.69) is 5.32 Å². The third kappa shape index (κ3) is 4.17. The smallest absolute Gasteiger partial charge is 0.251 e. The highest BCUT2D eigenvalue weighted by molar-refractivity contribution is 5.94. The molecule has 2 rings (SSSR count). The van der Waals surface area contributed by atoms with Crippen LogP contribution in [0, 0.1) is 0 Å². The van der Waals surface area contributed by atoms with Gasteiger partial charge in [-0.3, -0.25) is 4.79 Å². The molecule has 2 N–H and O–H groups in total. The molecule has 0 aromatic heterocycles. The molecule has 0 bridgehead atoms. The molecule has 0 saturated carbocycles. The lowest BCUT2D eigenvalue weighted by Crippen LogP contribution is -2.36. The SMILES string of the molecule is CCC[C@H](O)[C@@H](NC(=O)c1ccccc1)c1ccccc1. The summed E-state index contributed by atoms with van der Waals surface area (Å²) in [5, 5.41) is 13.3. The van der Waals surface area contributed by atoms with Gasteiger partial charge in [0, 0.05) is 5.56 Å². The van der Waals surface area contributed by atoms with E-state index in [1.165, 1.54) is 0 Å². The molecule has 110 valence electrons. The third-order valence-electron chi connectivity index (χ3n) is 3.45. The van der Waals surface area contributed by atoms with E-state index in [0.29, 0.717) is 12.0 Å². The van der Waals surface area contributed by atoms with Gasteiger partial charge < -0.3 is 10.4 Å². The number of nitrogens with one attached hydrogen (secondary N) is 1. The maximum atomic E-state index is 12.3.